The number of hydrogen-bond donors (Lipinski definition) is 1. The quantitative estimate of drug-likeness (QED) is 0.452. The van der Waals surface area contributed by atoms with Crippen LogP contribution in [0.25, 0.3) is 10.9 Å². The van der Waals surface area contributed by atoms with Gasteiger partial charge in [-0.15, -0.1) is 0 Å². The van der Waals surface area contributed by atoms with E-state index in [1.807, 2.05) is 0 Å². The van der Waals surface area contributed by atoms with Crippen molar-refractivity contribution in [2.24, 2.45) is 0 Å². The highest BCUT2D eigenvalue weighted by atomic mass is 32.2. The van der Waals surface area contributed by atoms with Crippen LogP contribution in [0, 0.1) is 0 Å². The largest absolute Gasteiger partial charge is 0.468 e. The first-order chi connectivity index (χ1) is 12.9. The number of imide groups is 1. The van der Waals surface area contributed by atoms with Crippen LogP contribution in [0.3, 0.4) is 0 Å². The molecule has 1 aromatic heterocycles. The molecule has 1 aliphatic heterocycles. The van der Waals surface area contributed by atoms with Gasteiger partial charge in [0.25, 0.3) is 5.56 Å². The first-order valence-corrected chi connectivity index (χ1v) is 9.12. The smallest absolute Gasteiger partial charge is 0.325 e. The van der Waals surface area contributed by atoms with E-state index in [9.17, 15) is 19.2 Å². The molecule has 0 bridgehead atoms. The van der Waals surface area contributed by atoms with Gasteiger partial charge in [-0.25, -0.2) is 9.78 Å². The summed E-state index contributed by atoms with van der Waals surface area (Å²) in [6, 6.07) is 6.32. The van der Waals surface area contributed by atoms with Crippen LogP contribution in [-0.2, 0) is 20.9 Å². The molecule has 0 saturated carbocycles. The van der Waals surface area contributed by atoms with Crippen LogP contribution in [0.15, 0.2) is 34.2 Å². The Bertz CT molecular complexity index is 973. The molecule has 2 aromatic rings. The number of esters is 1. The minimum atomic E-state index is -0.675. The monoisotopic (exact) mass is 390 g/mol. The number of aromatic nitrogens is 2. The van der Waals surface area contributed by atoms with E-state index in [0.29, 0.717) is 24.0 Å². The molecule has 0 spiro atoms. The number of fused-ring (bicyclic) bond motifs is 1. The SMILES string of the molecule is COC(=O)Cn1c(SC(C)C(=O)N2CCNC2=O)nc2ccccc2c1=O. The topological polar surface area (TPSA) is 111 Å². The van der Waals surface area contributed by atoms with Gasteiger partial charge in [-0.2, -0.15) is 0 Å². The fraction of sp³-hybridized carbons (Fsp3) is 0.353. The maximum atomic E-state index is 12.8. The molecule has 1 saturated heterocycles. The maximum Gasteiger partial charge on any atom is 0.325 e. The van der Waals surface area contributed by atoms with Gasteiger partial charge in [0.05, 0.1) is 23.3 Å². The predicted octanol–water partition coefficient (Wildman–Crippen LogP) is 0.602. The molecule has 9 nitrogen and oxygen atoms in total. The number of hydrogen-bond acceptors (Lipinski definition) is 7. The number of carbonyl (C=O) groups is 3. The number of ether oxygens (including phenoxy) is 1. The van der Waals surface area contributed by atoms with Gasteiger partial charge in [0.2, 0.25) is 5.91 Å². The van der Waals surface area contributed by atoms with E-state index in [-0.39, 0.29) is 17.6 Å². The van der Waals surface area contributed by atoms with Gasteiger partial charge in [-0.3, -0.25) is 23.9 Å². The Morgan fingerprint density at radius 1 is 1.33 bits per heavy atom. The lowest BCUT2D eigenvalue weighted by molar-refractivity contribution is -0.141. The number of methoxy groups -OCH3 is 1. The molecule has 0 radical (unpaired) electrons. The zero-order valence-electron chi connectivity index (χ0n) is 14.8. The Labute approximate surface area is 158 Å². The summed E-state index contributed by atoms with van der Waals surface area (Å²) < 4.78 is 5.85. The Hall–Kier alpha value is -2.88. The van der Waals surface area contributed by atoms with Crippen molar-refractivity contribution in [3.05, 3.63) is 34.6 Å². The van der Waals surface area contributed by atoms with Crippen molar-refractivity contribution in [1.82, 2.24) is 19.8 Å². The lowest BCUT2D eigenvalue weighted by Crippen LogP contribution is -2.39. The van der Waals surface area contributed by atoms with Crippen molar-refractivity contribution in [3.63, 3.8) is 0 Å². The van der Waals surface area contributed by atoms with E-state index < -0.39 is 22.8 Å². The normalized spacial score (nSPS) is 14.9. The van der Waals surface area contributed by atoms with Gasteiger partial charge in [0.1, 0.15) is 6.54 Å². The second kappa shape index (κ2) is 7.78. The third kappa shape index (κ3) is 3.80. The number of carbonyl (C=O) groups excluding carboxylic acids is 3. The van der Waals surface area contributed by atoms with Crippen LogP contribution in [-0.4, -0.2) is 57.8 Å². The lowest BCUT2D eigenvalue weighted by Gasteiger charge is -2.19. The van der Waals surface area contributed by atoms with Gasteiger partial charge < -0.3 is 10.1 Å². The number of rotatable bonds is 5. The van der Waals surface area contributed by atoms with Gasteiger partial charge >= 0.3 is 12.0 Å². The Morgan fingerprint density at radius 2 is 2.07 bits per heavy atom. The number of thioether (sulfide) groups is 1. The highest BCUT2D eigenvalue weighted by Crippen LogP contribution is 2.24. The number of urea groups is 1. The van der Waals surface area contributed by atoms with E-state index in [0.717, 1.165) is 16.7 Å². The lowest BCUT2D eigenvalue weighted by atomic mass is 10.2. The van der Waals surface area contributed by atoms with E-state index in [2.05, 4.69) is 15.0 Å². The zero-order valence-corrected chi connectivity index (χ0v) is 15.6. The number of nitrogens with zero attached hydrogens (tertiary/aromatic N) is 3. The van der Waals surface area contributed by atoms with Gasteiger partial charge in [-0.1, -0.05) is 23.9 Å². The van der Waals surface area contributed by atoms with Crippen molar-refractivity contribution in [2.75, 3.05) is 20.2 Å². The summed E-state index contributed by atoms with van der Waals surface area (Å²) in [6.45, 7) is 2.01. The summed E-state index contributed by atoms with van der Waals surface area (Å²) in [5.41, 5.74) is 0.0664. The Balaban J connectivity index is 1.97. The fourth-order valence-corrected chi connectivity index (χ4v) is 3.65. The molecular formula is C17H18N4O5S. The second-order valence-electron chi connectivity index (χ2n) is 5.86. The van der Waals surface area contributed by atoms with Crippen molar-refractivity contribution >= 4 is 40.6 Å². The predicted molar refractivity (Wildman–Crippen MR) is 98.4 cm³/mol. The summed E-state index contributed by atoms with van der Waals surface area (Å²) in [4.78, 5) is 54.4. The average molecular weight is 390 g/mol. The van der Waals surface area contributed by atoms with Gasteiger partial charge in [0, 0.05) is 13.1 Å². The molecule has 1 fully saturated rings. The van der Waals surface area contributed by atoms with Gasteiger partial charge in [-0.05, 0) is 19.1 Å². The molecule has 1 aliphatic rings. The summed E-state index contributed by atoms with van der Waals surface area (Å²) in [5, 5.41) is 2.47. The molecule has 1 N–H and O–H groups in total. The first-order valence-electron chi connectivity index (χ1n) is 8.24. The summed E-state index contributed by atoms with van der Waals surface area (Å²) in [6.07, 6.45) is 0. The third-order valence-corrected chi connectivity index (χ3v) is 5.17. The fourth-order valence-electron chi connectivity index (χ4n) is 2.68. The van der Waals surface area contributed by atoms with Crippen LogP contribution in [0.1, 0.15) is 6.92 Å². The number of nitrogens with one attached hydrogen (secondary N) is 1. The summed E-state index contributed by atoms with van der Waals surface area (Å²) in [5.74, 6) is -0.990. The van der Waals surface area contributed by atoms with Crippen molar-refractivity contribution in [3.8, 4) is 0 Å². The third-order valence-electron chi connectivity index (χ3n) is 4.09. The summed E-state index contributed by atoms with van der Waals surface area (Å²) in [7, 11) is 1.23. The number of benzene rings is 1. The highest BCUT2D eigenvalue weighted by molar-refractivity contribution is 8.00. The number of amides is 3. The highest BCUT2D eigenvalue weighted by Gasteiger charge is 2.31. The Kier molecular flexibility index (Phi) is 5.45. The molecule has 0 aliphatic carbocycles. The van der Waals surface area contributed by atoms with E-state index in [1.165, 1.54) is 11.7 Å². The Morgan fingerprint density at radius 3 is 2.74 bits per heavy atom. The van der Waals surface area contributed by atoms with Crippen LogP contribution in [0.5, 0.6) is 0 Å². The molecule has 142 valence electrons. The molecule has 3 amide bonds. The van der Waals surface area contributed by atoms with Crippen LogP contribution in [0.2, 0.25) is 0 Å². The maximum absolute atomic E-state index is 12.8. The van der Waals surface area contributed by atoms with Crippen LogP contribution >= 0.6 is 11.8 Å². The van der Waals surface area contributed by atoms with E-state index >= 15 is 0 Å². The van der Waals surface area contributed by atoms with Crippen LogP contribution in [0.4, 0.5) is 4.79 Å². The molecule has 27 heavy (non-hydrogen) atoms. The van der Waals surface area contributed by atoms with Crippen LogP contribution < -0.4 is 10.9 Å². The molecule has 1 aromatic carbocycles. The molecule has 10 heteroatoms. The van der Waals surface area contributed by atoms with E-state index in [4.69, 9.17) is 0 Å². The van der Waals surface area contributed by atoms with Gasteiger partial charge in [0.15, 0.2) is 5.16 Å². The number of para-hydroxylation sites is 1. The zero-order chi connectivity index (χ0) is 19.6. The molecular weight excluding hydrogens is 372 g/mol. The summed E-state index contributed by atoms with van der Waals surface area (Å²) >= 11 is 1.02. The van der Waals surface area contributed by atoms with E-state index in [1.54, 1.807) is 31.2 Å². The van der Waals surface area contributed by atoms with Crippen molar-refractivity contribution < 1.29 is 19.1 Å². The van der Waals surface area contributed by atoms with Crippen molar-refractivity contribution in [2.45, 2.75) is 23.9 Å². The molecule has 1 atom stereocenters. The molecule has 3 rings (SSSR count). The standard InChI is InChI=1S/C17H18N4O5S/c1-10(14(23)20-8-7-18-16(20)25)27-17-19-12-6-4-3-5-11(12)15(24)21(17)9-13(22)26-2/h3-6,10H,7-9H2,1-2H3,(H,18,25). The van der Waals surface area contributed by atoms with Crippen molar-refractivity contribution in [1.29, 1.82) is 0 Å². The second-order valence-corrected chi connectivity index (χ2v) is 7.17. The average Bonchev–Trinajstić information content (AvgIpc) is 3.09. The minimum Gasteiger partial charge on any atom is -0.468 e. The minimum absolute atomic E-state index is 0.213. The first kappa shape index (κ1) is 18.9. The molecule has 2 heterocycles. The molecule has 1 unspecified atom stereocenters.